The Morgan fingerprint density at radius 1 is 0.914 bits per heavy atom. The number of piperazine rings is 1. The van der Waals surface area contributed by atoms with Gasteiger partial charge in [-0.2, -0.15) is 18.3 Å². The van der Waals surface area contributed by atoms with Gasteiger partial charge in [0.2, 0.25) is 5.91 Å². The highest BCUT2D eigenvalue weighted by molar-refractivity contribution is 5.97. The van der Waals surface area contributed by atoms with Gasteiger partial charge in [-0.3, -0.25) is 14.4 Å². The lowest BCUT2D eigenvalue weighted by molar-refractivity contribution is -0.141. The molecule has 0 spiro atoms. The number of carbonyl (C=O) groups excluding carboxylic acids is 3. The molecule has 0 atom stereocenters. The Morgan fingerprint density at radius 3 is 2.17 bits per heavy atom. The molecule has 2 heterocycles. The molecular weight excluding hydrogens is 467 g/mol. The highest BCUT2D eigenvalue weighted by atomic mass is 19.4. The zero-order valence-electron chi connectivity index (χ0n) is 18.4. The first-order valence-electron chi connectivity index (χ1n) is 10.7. The fourth-order valence-corrected chi connectivity index (χ4v) is 3.78. The monoisotopic (exact) mass is 489 g/mol. The van der Waals surface area contributed by atoms with E-state index in [1.165, 1.54) is 39.5 Å². The van der Waals surface area contributed by atoms with Crippen LogP contribution in [0.2, 0.25) is 0 Å². The molecule has 184 valence electrons. The molecule has 35 heavy (non-hydrogen) atoms. The third-order valence-corrected chi connectivity index (χ3v) is 5.60. The van der Waals surface area contributed by atoms with Gasteiger partial charge in [-0.25, -0.2) is 5.01 Å². The number of halogens is 3. The number of hydrogen-bond donors (Lipinski definition) is 1. The van der Waals surface area contributed by atoms with Gasteiger partial charge in [-0.05, 0) is 29.9 Å². The minimum Gasteiger partial charge on any atom is -0.394 e. The minimum atomic E-state index is -4.65. The second-order valence-electron chi connectivity index (χ2n) is 7.78. The summed E-state index contributed by atoms with van der Waals surface area (Å²) in [5.41, 5.74) is 1.43. The Balaban J connectivity index is 1.41. The fraction of sp³-hybridized carbons (Fsp3) is 0.261. The zero-order valence-corrected chi connectivity index (χ0v) is 18.4. The van der Waals surface area contributed by atoms with Crippen molar-refractivity contribution < 1.29 is 32.4 Å². The van der Waals surface area contributed by atoms with Gasteiger partial charge in [0.15, 0.2) is 0 Å². The van der Waals surface area contributed by atoms with Crippen LogP contribution in [-0.4, -0.2) is 70.4 Å². The normalized spacial score (nSPS) is 15.7. The first-order valence-corrected chi connectivity index (χ1v) is 10.7. The van der Waals surface area contributed by atoms with E-state index < -0.39 is 29.1 Å². The van der Waals surface area contributed by atoms with Crippen LogP contribution in [0.15, 0.2) is 67.1 Å². The molecule has 2 aromatic rings. The first kappa shape index (κ1) is 24.1. The predicted molar refractivity (Wildman–Crippen MR) is 117 cm³/mol. The maximum absolute atomic E-state index is 13.3. The van der Waals surface area contributed by atoms with Gasteiger partial charge in [0.05, 0.1) is 17.3 Å². The highest BCUT2D eigenvalue weighted by Crippen LogP contribution is 2.32. The summed E-state index contributed by atoms with van der Waals surface area (Å²) in [5, 5.41) is 2.40. The van der Waals surface area contributed by atoms with Gasteiger partial charge in [0.1, 0.15) is 12.8 Å². The van der Waals surface area contributed by atoms with Crippen molar-refractivity contribution in [2.45, 2.75) is 6.18 Å². The molecule has 3 amide bonds. The van der Waals surface area contributed by atoms with Crippen LogP contribution in [0.3, 0.4) is 0 Å². The zero-order chi connectivity index (χ0) is 25.0. The van der Waals surface area contributed by atoms with E-state index in [1.807, 2.05) is 0 Å². The SMILES string of the molecule is O=C(CN(C(=O)c1ccccc1)N1C=CON1)N1CCN(C(=O)c2ccccc2C(F)(F)F)CC1. The molecule has 2 aromatic carbocycles. The number of alkyl halides is 3. The van der Waals surface area contributed by atoms with Crippen LogP contribution in [0.1, 0.15) is 26.3 Å². The van der Waals surface area contributed by atoms with Crippen molar-refractivity contribution in [2.75, 3.05) is 32.7 Å². The van der Waals surface area contributed by atoms with Crippen molar-refractivity contribution in [3.05, 3.63) is 83.7 Å². The number of rotatable bonds is 5. The van der Waals surface area contributed by atoms with E-state index in [-0.39, 0.29) is 38.6 Å². The number of carbonyl (C=O) groups is 3. The van der Waals surface area contributed by atoms with Gasteiger partial charge in [0.25, 0.3) is 11.8 Å². The van der Waals surface area contributed by atoms with Gasteiger partial charge in [-0.15, -0.1) is 0 Å². The average molecular weight is 489 g/mol. The van der Waals surface area contributed by atoms with Crippen LogP contribution in [0.25, 0.3) is 0 Å². The van der Waals surface area contributed by atoms with E-state index in [0.29, 0.717) is 5.56 Å². The molecule has 2 aliphatic heterocycles. The average Bonchev–Trinajstić information content (AvgIpc) is 3.41. The summed E-state index contributed by atoms with van der Waals surface area (Å²) in [6.45, 7) is 0.0415. The third kappa shape index (κ3) is 5.38. The molecule has 12 heteroatoms. The van der Waals surface area contributed by atoms with Crippen molar-refractivity contribution in [3.8, 4) is 0 Å². The molecule has 0 bridgehead atoms. The molecule has 0 unspecified atom stereocenters. The number of hydrazine groups is 2. The van der Waals surface area contributed by atoms with Crippen molar-refractivity contribution in [1.29, 1.82) is 0 Å². The maximum Gasteiger partial charge on any atom is 0.417 e. The van der Waals surface area contributed by atoms with E-state index in [0.717, 1.165) is 17.1 Å². The molecule has 0 radical (unpaired) electrons. The van der Waals surface area contributed by atoms with E-state index in [2.05, 4.69) is 5.59 Å². The second-order valence-corrected chi connectivity index (χ2v) is 7.78. The third-order valence-electron chi connectivity index (χ3n) is 5.60. The van der Waals surface area contributed by atoms with Gasteiger partial charge < -0.3 is 14.6 Å². The molecule has 0 saturated carbocycles. The molecule has 4 rings (SSSR count). The molecule has 0 aliphatic carbocycles. The highest BCUT2D eigenvalue weighted by Gasteiger charge is 2.37. The molecule has 2 aliphatic rings. The molecular formula is C23H22F3N5O4. The van der Waals surface area contributed by atoms with E-state index in [9.17, 15) is 27.6 Å². The van der Waals surface area contributed by atoms with Crippen molar-refractivity contribution in [1.82, 2.24) is 25.5 Å². The standard InChI is InChI=1S/C23H22F3N5O4/c24-23(25,26)19-9-5-4-8-18(19)22(34)29-12-10-28(11-13-29)20(32)16-30(31-14-15-35-27-31)21(33)17-6-2-1-3-7-17/h1-9,14-15,27H,10-13,16H2. The van der Waals surface area contributed by atoms with Crippen LogP contribution < -0.4 is 5.59 Å². The summed E-state index contributed by atoms with van der Waals surface area (Å²) >= 11 is 0. The van der Waals surface area contributed by atoms with Crippen LogP contribution in [0.4, 0.5) is 13.2 Å². The largest absolute Gasteiger partial charge is 0.417 e. The summed E-state index contributed by atoms with van der Waals surface area (Å²) in [6.07, 6.45) is -1.91. The van der Waals surface area contributed by atoms with Gasteiger partial charge >= 0.3 is 6.18 Å². The lowest BCUT2D eigenvalue weighted by atomic mass is 10.1. The Labute approximate surface area is 198 Å². The second kappa shape index (κ2) is 10.1. The van der Waals surface area contributed by atoms with Crippen LogP contribution in [0.5, 0.6) is 0 Å². The fourth-order valence-electron chi connectivity index (χ4n) is 3.78. The Kier molecular flexibility index (Phi) is 6.92. The smallest absolute Gasteiger partial charge is 0.394 e. The van der Waals surface area contributed by atoms with Crippen molar-refractivity contribution in [2.24, 2.45) is 0 Å². The lowest BCUT2D eigenvalue weighted by Crippen LogP contribution is -2.56. The van der Waals surface area contributed by atoms with Gasteiger partial charge in [0, 0.05) is 31.7 Å². The Bertz CT molecular complexity index is 1120. The number of nitrogens with zero attached hydrogens (tertiary/aromatic N) is 4. The molecule has 1 fully saturated rings. The lowest BCUT2D eigenvalue weighted by Gasteiger charge is -2.37. The Hall–Kier alpha value is -4.06. The summed E-state index contributed by atoms with van der Waals surface area (Å²) in [6, 6.07) is 13.0. The van der Waals surface area contributed by atoms with Crippen LogP contribution in [0, 0.1) is 0 Å². The van der Waals surface area contributed by atoms with E-state index in [4.69, 9.17) is 4.84 Å². The summed E-state index contributed by atoms with van der Waals surface area (Å²) in [5.74, 6) is -1.58. The Morgan fingerprint density at radius 2 is 1.54 bits per heavy atom. The predicted octanol–water partition coefficient (Wildman–Crippen LogP) is 2.27. The van der Waals surface area contributed by atoms with E-state index in [1.54, 1.807) is 30.3 Å². The molecule has 9 nitrogen and oxygen atoms in total. The summed E-state index contributed by atoms with van der Waals surface area (Å²) in [4.78, 5) is 46.4. The van der Waals surface area contributed by atoms with Crippen LogP contribution >= 0.6 is 0 Å². The molecule has 1 N–H and O–H groups in total. The summed E-state index contributed by atoms with van der Waals surface area (Å²) < 4.78 is 39.9. The maximum atomic E-state index is 13.3. The quantitative estimate of drug-likeness (QED) is 0.694. The van der Waals surface area contributed by atoms with Crippen molar-refractivity contribution in [3.63, 3.8) is 0 Å². The molecule has 0 aromatic heterocycles. The summed E-state index contributed by atoms with van der Waals surface area (Å²) in [7, 11) is 0. The molecule has 1 saturated heterocycles. The van der Waals surface area contributed by atoms with Crippen molar-refractivity contribution >= 4 is 17.7 Å². The number of nitrogens with one attached hydrogen (secondary N) is 1. The number of hydrogen-bond acceptors (Lipinski definition) is 6. The number of benzene rings is 2. The number of amides is 3. The minimum absolute atomic E-state index is 0.0639. The van der Waals surface area contributed by atoms with Crippen LogP contribution in [-0.2, 0) is 15.8 Å². The van der Waals surface area contributed by atoms with Gasteiger partial charge in [-0.1, -0.05) is 30.3 Å². The topological polar surface area (TPSA) is 85.4 Å². The van der Waals surface area contributed by atoms with E-state index >= 15 is 0 Å². The first-order chi connectivity index (χ1) is 16.8.